The lowest BCUT2D eigenvalue weighted by Crippen LogP contribution is -2.45. The lowest BCUT2D eigenvalue weighted by molar-refractivity contribution is -0.112. The van der Waals surface area contributed by atoms with E-state index in [1.165, 1.54) is 6.20 Å². The van der Waals surface area contributed by atoms with Gasteiger partial charge in [0.05, 0.1) is 13.2 Å². The number of ether oxygens (including phenoxy) is 1. The number of nitrogens with two attached hydrogens (primary N) is 1. The summed E-state index contributed by atoms with van der Waals surface area (Å²) in [5, 5.41) is 11.2. The molecule has 3 N–H and O–H groups in total. The largest absolute Gasteiger partial charge is 0.404 e. The molecule has 0 aromatic heterocycles. The minimum Gasteiger partial charge on any atom is -0.404 e. The summed E-state index contributed by atoms with van der Waals surface area (Å²) in [5.74, 6) is 0.414. The Morgan fingerprint density at radius 2 is 2.21 bits per heavy atom. The van der Waals surface area contributed by atoms with E-state index in [4.69, 9.17) is 10.5 Å². The second-order valence-corrected chi connectivity index (χ2v) is 7.91. The van der Waals surface area contributed by atoms with Crippen LogP contribution in [0.15, 0.2) is 41.0 Å². The van der Waals surface area contributed by atoms with Crippen LogP contribution < -0.4 is 10.6 Å². The SMILES string of the molecule is CCN=C(C(=O)CN1c2ccccc2[C@]2(O)CCO[C@H]12)C(=CN)CCC(C)C. The summed E-state index contributed by atoms with van der Waals surface area (Å²) in [6.45, 7) is 7.28. The Hall–Kier alpha value is -2.18. The van der Waals surface area contributed by atoms with Crippen molar-refractivity contribution in [1.82, 2.24) is 0 Å². The summed E-state index contributed by atoms with van der Waals surface area (Å²) >= 11 is 0. The van der Waals surface area contributed by atoms with Gasteiger partial charge >= 0.3 is 0 Å². The van der Waals surface area contributed by atoms with Crippen molar-refractivity contribution in [3.05, 3.63) is 41.6 Å². The maximum absolute atomic E-state index is 13.2. The summed E-state index contributed by atoms with van der Waals surface area (Å²) in [5.41, 5.74) is 7.68. The van der Waals surface area contributed by atoms with Gasteiger partial charge < -0.3 is 20.5 Å². The van der Waals surface area contributed by atoms with Crippen LogP contribution in [0.3, 0.4) is 0 Å². The van der Waals surface area contributed by atoms with Gasteiger partial charge in [-0.2, -0.15) is 0 Å². The molecule has 3 rings (SSSR count). The first-order chi connectivity index (χ1) is 13.4. The molecule has 1 aromatic rings. The van der Waals surface area contributed by atoms with Crippen LogP contribution in [0, 0.1) is 5.92 Å². The molecule has 2 aliphatic heterocycles. The summed E-state index contributed by atoms with van der Waals surface area (Å²) in [4.78, 5) is 19.6. The molecule has 6 heteroatoms. The van der Waals surface area contributed by atoms with E-state index >= 15 is 0 Å². The predicted molar refractivity (Wildman–Crippen MR) is 111 cm³/mol. The van der Waals surface area contributed by atoms with Crippen molar-refractivity contribution in [3.63, 3.8) is 0 Å². The third kappa shape index (κ3) is 3.71. The molecule has 0 aliphatic carbocycles. The summed E-state index contributed by atoms with van der Waals surface area (Å²) < 4.78 is 5.83. The third-order valence-corrected chi connectivity index (χ3v) is 5.52. The Labute approximate surface area is 167 Å². The zero-order valence-corrected chi connectivity index (χ0v) is 17.0. The number of anilines is 1. The number of benzene rings is 1. The smallest absolute Gasteiger partial charge is 0.200 e. The number of aliphatic hydroxyl groups is 1. The first kappa shape index (κ1) is 20.6. The molecule has 2 heterocycles. The number of nitrogens with zero attached hydrogens (tertiary/aromatic N) is 2. The van der Waals surface area contributed by atoms with Crippen molar-refractivity contribution in [1.29, 1.82) is 0 Å². The second kappa shape index (κ2) is 8.45. The van der Waals surface area contributed by atoms with Gasteiger partial charge in [-0.3, -0.25) is 9.79 Å². The first-order valence-electron chi connectivity index (χ1n) is 10.1. The van der Waals surface area contributed by atoms with E-state index in [0.717, 1.165) is 29.7 Å². The highest BCUT2D eigenvalue weighted by molar-refractivity contribution is 6.47. The van der Waals surface area contributed by atoms with Gasteiger partial charge in [-0.25, -0.2) is 0 Å². The Morgan fingerprint density at radius 1 is 1.46 bits per heavy atom. The van der Waals surface area contributed by atoms with Crippen molar-refractivity contribution >= 4 is 17.2 Å². The van der Waals surface area contributed by atoms with Crippen LogP contribution >= 0.6 is 0 Å². The number of ketones is 1. The average molecular weight is 386 g/mol. The molecule has 152 valence electrons. The van der Waals surface area contributed by atoms with Crippen LogP contribution in [0.25, 0.3) is 0 Å². The number of aliphatic imine (C=N–C) groups is 1. The van der Waals surface area contributed by atoms with E-state index in [1.54, 1.807) is 0 Å². The highest BCUT2D eigenvalue weighted by Gasteiger charge is 2.54. The molecular weight excluding hydrogens is 354 g/mol. The highest BCUT2D eigenvalue weighted by atomic mass is 16.5. The van der Waals surface area contributed by atoms with Gasteiger partial charge in [-0.1, -0.05) is 32.0 Å². The standard InChI is InChI=1S/C22H31N3O3/c1-4-24-20(16(13-23)10-9-15(2)3)19(26)14-25-18-8-6-5-7-17(18)22(27)11-12-28-21(22)25/h5-8,13,15,21,27H,4,9-12,14,23H2,1-3H3/t21-,22+/m0/s1. The maximum Gasteiger partial charge on any atom is 0.200 e. The molecule has 6 nitrogen and oxygen atoms in total. The lowest BCUT2D eigenvalue weighted by atomic mass is 9.93. The third-order valence-electron chi connectivity index (χ3n) is 5.52. The van der Waals surface area contributed by atoms with E-state index in [-0.39, 0.29) is 12.3 Å². The summed E-state index contributed by atoms with van der Waals surface area (Å²) in [6.07, 6.45) is 3.15. The van der Waals surface area contributed by atoms with Gasteiger partial charge in [0.1, 0.15) is 11.3 Å². The molecule has 28 heavy (non-hydrogen) atoms. The fourth-order valence-corrected chi connectivity index (χ4v) is 4.07. The van der Waals surface area contributed by atoms with E-state index in [1.807, 2.05) is 36.1 Å². The van der Waals surface area contributed by atoms with E-state index < -0.39 is 11.8 Å². The van der Waals surface area contributed by atoms with Crippen LogP contribution in [-0.2, 0) is 15.1 Å². The number of carbonyl (C=O) groups is 1. The minimum absolute atomic E-state index is 0.0990. The van der Waals surface area contributed by atoms with Crippen molar-refractivity contribution < 1.29 is 14.6 Å². The fraction of sp³-hybridized carbons (Fsp3) is 0.545. The number of hydrogen-bond acceptors (Lipinski definition) is 6. The monoisotopic (exact) mass is 385 g/mol. The van der Waals surface area contributed by atoms with Crippen LogP contribution in [-0.4, -0.2) is 42.5 Å². The van der Waals surface area contributed by atoms with Gasteiger partial charge in [-0.05, 0) is 43.5 Å². The molecule has 0 amide bonds. The van der Waals surface area contributed by atoms with Gasteiger partial charge in [0.2, 0.25) is 0 Å². The Bertz CT molecular complexity index is 787. The fourth-order valence-electron chi connectivity index (χ4n) is 4.07. The zero-order chi connectivity index (χ0) is 20.3. The Morgan fingerprint density at radius 3 is 2.89 bits per heavy atom. The zero-order valence-electron chi connectivity index (χ0n) is 17.0. The Kier molecular flexibility index (Phi) is 6.20. The molecule has 1 fully saturated rings. The van der Waals surface area contributed by atoms with E-state index in [0.29, 0.717) is 31.2 Å². The molecule has 0 bridgehead atoms. The van der Waals surface area contributed by atoms with E-state index in [9.17, 15) is 9.90 Å². The molecule has 0 spiro atoms. The number of fused-ring (bicyclic) bond motifs is 3. The number of allylic oxidation sites excluding steroid dienone is 1. The number of para-hydroxylation sites is 1. The van der Waals surface area contributed by atoms with Crippen molar-refractivity contribution in [2.75, 3.05) is 24.6 Å². The molecule has 0 saturated carbocycles. The molecular formula is C22H31N3O3. The molecule has 1 aromatic carbocycles. The number of hydrogen-bond donors (Lipinski definition) is 2. The molecule has 2 aliphatic rings. The summed E-state index contributed by atoms with van der Waals surface area (Å²) in [6, 6.07) is 7.66. The van der Waals surface area contributed by atoms with Crippen molar-refractivity contribution in [2.24, 2.45) is 16.6 Å². The number of Topliss-reactive ketones (excluding diaryl/α,β-unsaturated/α-hetero) is 1. The minimum atomic E-state index is -1.07. The van der Waals surface area contributed by atoms with Crippen LogP contribution in [0.1, 0.15) is 45.6 Å². The molecule has 2 atom stereocenters. The predicted octanol–water partition coefficient (Wildman–Crippen LogP) is 2.75. The normalized spacial score (nSPS) is 24.6. The highest BCUT2D eigenvalue weighted by Crippen LogP contribution is 2.49. The lowest BCUT2D eigenvalue weighted by Gasteiger charge is -2.28. The second-order valence-electron chi connectivity index (χ2n) is 7.91. The van der Waals surface area contributed by atoms with Gasteiger partial charge in [-0.15, -0.1) is 0 Å². The number of carbonyl (C=O) groups excluding carboxylic acids is 1. The van der Waals surface area contributed by atoms with Gasteiger partial charge in [0.15, 0.2) is 12.0 Å². The number of rotatable bonds is 8. The van der Waals surface area contributed by atoms with Crippen molar-refractivity contribution in [2.45, 2.75) is 51.9 Å². The molecule has 0 unspecified atom stereocenters. The van der Waals surface area contributed by atoms with Crippen LogP contribution in [0.5, 0.6) is 0 Å². The van der Waals surface area contributed by atoms with Gasteiger partial charge in [0.25, 0.3) is 0 Å². The molecule has 0 radical (unpaired) electrons. The van der Waals surface area contributed by atoms with E-state index in [2.05, 4.69) is 18.8 Å². The topological polar surface area (TPSA) is 88.2 Å². The first-order valence-corrected chi connectivity index (χ1v) is 10.1. The molecule has 1 saturated heterocycles. The quantitative estimate of drug-likeness (QED) is 0.672. The van der Waals surface area contributed by atoms with Gasteiger partial charge in [0, 0.05) is 24.2 Å². The van der Waals surface area contributed by atoms with Crippen molar-refractivity contribution in [3.8, 4) is 0 Å². The van der Waals surface area contributed by atoms with Crippen LogP contribution in [0.4, 0.5) is 5.69 Å². The maximum atomic E-state index is 13.2. The summed E-state index contributed by atoms with van der Waals surface area (Å²) in [7, 11) is 0. The Balaban J connectivity index is 1.85. The average Bonchev–Trinajstić information content (AvgIpc) is 3.16. The van der Waals surface area contributed by atoms with Crippen LogP contribution in [0.2, 0.25) is 0 Å².